The lowest BCUT2D eigenvalue weighted by atomic mass is 10.1. The number of hydrogen-bond acceptors (Lipinski definition) is 3. The number of benzene rings is 2. The van der Waals surface area contributed by atoms with Crippen LogP contribution in [0.15, 0.2) is 53.4 Å². The average molecular weight is 336 g/mol. The lowest BCUT2D eigenvalue weighted by molar-refractivity contribution is -0.119. The smallest absolute Gasteiger partial charge is 0.230 e. The summed E-state index contributed by atoms with van der Waals surface area (Å²) in [7, 11) is 1.63. The van der Waals surface area contributed by atoms with Crippen molar-refractivity contribution in [1.82, 2.24) is 5.32 Å². The van der Waals surface area contributed by atoms with Crippen LogP contribution in [0.5, 0.6) is 5.75 Å². The van der Waals surface area contributed by atoms with Crippen LogP contribution in [-0.2, 0) is 4.79 Å². The van der Waals surface area contributed by atoms with E-state index in [0.29, 0.717) is 10.8 Å². The Kier molecular flexibility index (Phi) is 6.16. The van der Waals surface area contributed by atoms with Crippen LogP contribution in [0, 0.1) is 0 Å². The molecular weight excluding hydrogens is 318 g/mol. The monoisotopic (exact) mass is 335 g/mol. The predicted octanol–water partition coefficient (Wildman–Crippen LogP) is 4.32. The number of carbonyl (C=O) groups excluding carboxylic acids is 1. The van der Waals surface area contributed by atoms with E-state index in [2.05, 4.69) is 5.32 Å². The van der Waals surface area contributed by atoms with Gasteiger partial charge in [-0.1, -0.05) is 29.8 Å². The molecule has 0 saturated carbocycles. The van der Waals surface area contributed by atoms with Crippen LogP contribution >= 0.6 is 23.4 Å². The van der Waals surface area contributed by atoms with Crippen molar-refractivity contribution >= 4 is 29.3 Å². The standard InChI is InChI=1S/C17H18ClNO2S/c1-12(15-5-3-4-6-16(15)21-2)19-17(20)11-22-14-9-7-13(18)8-10-14/h3-10,12H,11H2,1-2H3,(H,19,20). The number of thioether (sulfide) groups is 1. The molecule has 0 bridgehead atoms. The zero-order chi connectivity index (χ0) is 15.9. The third-order valence-electron chi connectivity index (χ3n) is 3.17. The highest BCUT2D eigenvalue weighted by Gasteiger charge is 2.13. The number of halogens is 1. The van der Waals surface area contributed by atoms with Gasteiger partial charge in [-0.2, -0.15) is 0 Å². The first-order valence-corrected chi connectivity index (χ1v) is 8.27. The molecule has 0 aliphatic rings. The summed E-state index contributed by atoms with van der Waals surface area (Å²) in [5.74, 6) is 1.13. The fourth-order valence-electron chi connectivity index (χ4n) is 2.06. The van der Waals surface area contributed by atoms with Gasteiger partial charge in [0.15, 0.2) is 0 Å². The van der Waals surface area contributed by atoms with Gasteiger partial charge in [0.25, 0.3) is 0 Å². The Balaban J connectivity index is 1.90. The minimum absolute atomic E-state index is 0.0154. The zero-order valence-corrected chi connectivity index (χ0v) is 14.1. The fourth-order valence-corrected chi connectivity index (χ4v) is 2.90. The summed E-state index contributed by atoms with van der Waals surface area (Å²) in [6.45, 7) is 1.95. The second kappa shape index (κ2) is 8.11. The lowest BCUT2D eigenvalue weighted by Crippen LogP contribution is -2.28. The molecule has 1 atom stereocenters. The predicted molar refractivity (Wildman–Crippen MR) is 91.7 cm³/mol. The molecule has 0 aliphatic carbocycles. The molecule has 2 aromatic rings. The van der Waals surface area contributed by atoms with Crippen molar-refractivity contribution in [2.24, 2.45) is 0 Å². The summed E-state index contributed by atoms with van der Waals surface area (Å²) in [5.41, 5.74) is 0.967. The molecule has 2 aromatic carbocycles. The quantitative estimate of drug-likeness (QED) is 0.799. The number of amides is 1. The summed E-state index contributed by atoms with van der Waals surface area (Å²) in [6, 6.07) is 15.0. The third-order valence-corrected chi connectivity index (χ3v) is 4.43. The van der Waals surface area contributed by atoms with Crippen molar-refractivity contribution in [2.45, 2.75) is 17.9 Å². The van der Waals surface area contributed by atoms with Crippen LogP contribution in [0.25, 0.3) is 0 Å². The van der Waals surface area contributed by atoms with Crippen molar-refractivity contribution in [1.29, 1.82) is 0 Å². The highest BCUT2D eigenvalue weighted by molar-refractivity contribution is 8.00. The van der Waals surface area contributed by atoms with Crippen LogP contribution in [0.4, 0.5) is 0 Å². The molecule has 0 saturated heterocycles. The normalized spacial score (nSPS) is 11.8. The number of para-hydroxylation sites is 1. The molecule has 5 heteroatoms. The van der Waals surface area contributed by atoms with Crippen LogP contribution in [-0.4, -0.2) is 18.8 Å². The maximum Gasteiger partial charge on any atom is 0.230 e. The van der Waals surface area contributed by atoms with Crippen LogP contribution in [0.2, 0.25) is 5.02 Å². The molecule has 0 heterocycles. The molecule has 0 aliphatic heterocycles. The van der Waals surface area contributed by atoms with E-state index in [9.17, 15) is 4.79 Å². The Morgan fingerprint density at radius 1 is 1.23 bits per heavy atom. The van der Waals surface area contributed by atoms with E-state index in [4.69, 9.17) is 16.3 Å². The highest BCUT2D eigenvalue weighted by Crippen LogP contribution is 2.25. The van der Waals surface area contributed by atoms with Crippen LogP contribution < -0.4 is 10.1 Å². The highest BCUT2D eigenvalue weighted by atomic mass is 35.5. The summed E-state index contributed by atoms with van der Waals surface area (Å²) < 4.78 is 5.32. The Labute approximate surface area is 140 Å². The number of nitrogens with one attached hydrogen (secondary N) is 1. The maximum atomic E-state index is 12.1. The van der Waals surface area contributed by atoms with Gasteiger partial charge in [0.1, 0.15) is 5.75 Å². The van der Waals surface area contributed by atoms with Gasteiger partial charge in [-0.15, -0.1) is 11.8 Å². The molecule has 22 heavy (non-hydrogen) atoms. The van der Waals surface area contributed by atoms with Crippen molar-refractivity contribution < 1.29 is 9.53 Å². The second-order valence-electron chi connectivity index (χ2n) is 4.77. The van der Waals surface area contributed by atoms with E-state index < -0.39 is 0 Å². The molecule has 0 spiro atoms. The van der Waals surface area contributed by atoms with Gasteiger partial charge in [-0.05, 0) is 37.3 Å². The molecule has 1 unspecified atom stereocenters. The average Bonchev–Trinajstić information content (AvgIpc) is 2.54. The first-order valence-electron chi connectivity index (χ1n) is 6.91. The first kappa shape index (κ1) is 16.7. The van der Waals surface area contributed by atoms with E-state index in [1.54, 1.807) is 7.11 Å². The minimum Gasteiger partial charge on any atom is -0.496 e. The Morgan fingerprint density at radius 2 is 1.91 bits per heavy atom. The van der Waals surface area contributed by atoms with E-state index in [-0.39, 0.29) is 11.9 Å². The van der Waals surface area contributed by atoms with Gasteiger partial charge in [-0.25, -0.2) is 0 Å². The molecule has 0 fully saturated rings. The van der Waals surface area contributed by atoms with Crippen molar-refractivity contribution in [2.75, 3.05) is 12.9 Å². The van der Waals surface area contributed by atoms with Crippen molar-refractivity contribution in [3.05, 3.63) is 59.1 Å². The third kappa shape index (κ3) is 4.68. The van der Waals surface area contributed by atoms with Gasteiger partial charge in [0.2, 0.25) is 5.91 Å². The zero-order valence-electron chi connectivity index (χ0n) is 12.5. The summed E-state index contributed by atoms with van der Waals surface area (Å²) in [6.07, 6.45) is 0. The molecule has 1 amide bonds. The molecule has 116 valence electrons. The van der Waals surface area contributed by atoms with E-state index in [0.717, 1.165) is 16.2 Å². The topological polar surface area (TPSA) is 38.3 Å². The fraction of sp³-hybridized carbons (Fsp3) is 0.235. The van der Waals surface area contributed by atoms with Crippen LogP contribution in [0.3, 0.4) is 0 Å². The Bertz CT molecular complexity index is 631. The van der Waals surface area contributed by atoms with Gasteiger partial charge < -0.3 is 10.1 Å². The van der Waals surface area contributed by atoms with E-state index in [1.165, 1.54) is 11.8 Å². The Hall–Kier alpha value is -1.65. The van der Waals surface area contributed by atoms with Gasteiger partial charge in [0.05, 0.1) is 18.9 Å². The number of carbonyl (C=O) groups is 1. The van der Waals surface area contributed by atoms with E-state index in [1.807, 2.05) is 55.5 Å². The SMILES string of the molecule is COc1ccccc1C(C)NC(=O)CSc1ccc(Cl)cc1. The number of rotatable bonds is 6. The van der Waals surface area contributed by atoms with Gasteiger partial charge in [-0.3, -0.25) is 4.79 Å². The van der Waals surface area contributed by atoms with Gasteiger partial charge in [0, 0.05) is 15.5 Å². The van der Waals surface area contributed by atoms with Crippen molar-refractivity contribution in [3.63, 3.8) is 0 Å². The molecule has 0 radical (unpaired) electrons. The Morgan fingerprint density at radius 3 is 2.59 bits per heavy atom. The summed E-state index contributed by atoms with van der Waals surface area (Å²) >= 11 is 7.32. The summed E-state index contributed by atoms with van der Waals surface area (Å²) in [5, 5.41) is 3.68. The number of ether oxygens (including phenoxy) is 1. The summed E-state index contributed by atoms with van der Waals surface area (Å²) in [4.78, 5) is 13.1. The molecular formula is C17H18ClNO2S. The number of methoxy groups -OCH3 is 1. The van der Waals surface area contributed by atoms with E-state index >= 15 is 0 Å². The maximum absolute atomic E-state index is 12.1. The first-order chi connectivity index (χ1) is 10.6. The number of hydrogen-bond donors (Lipinski definition) is 1. The molecule has 1 N–H and O–H groups in total. The lowest BCUT2D eigenvalue weighted by Gasteiger charge is -2.17. The minimum atomic E-state index is -0.102. The second-order valence-corrected chi connectivity index (χ2v) is 6.26. The molecule has 2 rings (SSSR count). The van der Waals surface area contributed by atoms with Crippen molar-refractivity contribution in [3.8, 4) is 5.75 Å². The van der Waals surface area contributed by atoms with Gasteiger partial charge >= 0.3 is 0 Å². The molecule has 0 aromatic heterocycles. The molecule has 3 nitrogen and oxygen atoms in total. The largest absolute Gasteiger partial charge is 0.496 e. The van der Waals surface area contributed by atoms with Crippen LogP contribution in [0.1, 0.15) is 18.5 Å².